The van der Waals surface area contributed by atoms with Crippen molar-refractivity contribution in [3.05, 3.63) is 28.8 Å². The molecule has 1 aromatic carbocycles. The fourth-order valence-electron chi connectivity index (χ4n) is 4.01. The van der Waals surface area contributed by atoms with Gasteiger partial charge in [0.05, 0.1) is 7.11 Å². The first-order valence-electron chi connectivity index (χ1n) is 7.83. The molecule has 2 saturated carbocycles. The van der Waals surface area contributed by atoms with Crippen LogP contribution in [0.4, 0.5) is 0 Å². The molecule has 0 saturated heterocycles. The third-order valence-corrected chi connectivity index (χ3v) is 5.34. The van der Waals surface area contributed by atoms with Crippen LogP contribution in [-0.2, 0) is 0 Å². The van der Waals surface area contributed by atoms with E-state index in [1.807, 2.05) is 12.1 Å². The van der Waals surface area contributed by atoms with Crippen molar-refractivity contribution in [2.75, 3.05) is 13.7 Å². The summed E-state index contributed by atoms with van der Waals surface area (Å²) in [5.74, 6) is 3.50. The highest BCUT2D eigenvalue weighted by Gasteiger charge is 2.56. The Kier molecular flexibility index (Phi) is 4.23. The molecule has 0 amide bonds. The molecule has 2 fully saturated rings. The van der Waals surface area contributed by atoms with Gasteiger partial charge in [-0.1, -0.05) is 31.0 Å². The monoisotopic (exact) mass is 293 g/mol. The Morgan fingerprint density at radius 2 is 2.10 bits per heavy atom. The van der Waals surface area contributed by atoms with Crippen molar-refractivity contribution in [3.63, 3.8) is 0 Å². The summed E-state index contributed by atoms with van der Waals surface area (Å²) in [7, 11) is 1.68. The Labute approximate surface area is 126 Å². The van der Waals surface area contributed by atoms with Gasteiger partial charge in [-0.2, -0.15) is 0 Å². The highest BCUT2D eigenvalue weighted by atomic mass is 35.5. The average Bonchev–Trinajstić information content (AvgIpc) is 2.93. The molecule has 2 aliphatic rings. The number of ether oxygens (including phenoxy) is 1. The number of halogens is 1. The molecular formula is C17H24ClNO. The molecule has 2 aliphatic carbocycles. The van der Waals surface area contributed by atoms with Crippen LogP contribution >= 0.6 is 11.6 Å². The van der Waals surface area contributed by atoms with Gasteiger partial charge in [0.15, 0.2) is 0 Å². The van der Waals surface area contributed by atoms with Crippen LogP contribution in [0.2, 0.25) is 5.02 Å². The summed E-state index contributed by atoms with van der Waals surface area (Å²) in [6.07, 6.45) is 5.40. The van der Waals surface area contributed by atoms with Gasteiger partial charge >= 0.3 is 0 Å². The van der Waals surface area contributed by atoms with Crippen LogP contribution in [0.15, 0.2) is 18.2 Å². The zero-order valence-corrected chi connectivity index (χ0v) is 13.1. The van der Waals surface area contributed by atoms with Crippen LogP contribution in [0.1, 0.15) is 44.2 Å². The van der Waals surface area contributed by atoms with Crippen molar-refractivity contribution in [3.8, 4) is 5.75 Å². The summed E-state index contributed by atoms with van der Waals surface area (Å²) in [5, 5.41) is 4.57. The van der Waals surface area contributed by atoms with Gasteiger partial charge in [-0.3, -0.25) is 0 Å². The highest BCUT2D eigenvalue weighted by molar-refractivity contribution is 6.31. The van der Waals surface area contributed by atoms with Gasteiger partial charge in [-0.05, 0) is 61.3 Å². The summed E-state index contributed by atoms with van der Waals surface area (Å²) in [6.45, 7) is 3.27. The molecule has 1 aromatic rings. The molecule has 0 bridgehead atoms. The molecule has 20 heavy (non-hydrogen) atoms. The molecule has 3 atom stereocenters. The lowest BCUT2D eigenvalue weighted by molar-refractivity contribution is 0.408. The standard InChI is InChI=1S/C17H24ClNO/c1-3-9-19-17(16-12-5-4-6-13(12)16)14-8-7-11(20-2)10-15(14)18/h7-8,10,12-13,16-17,19H,3-6,9H2,1-2H3. The summed E-state index contributed by atoms with van der Waals surface area (Å²) in [6, 6.07) is 6.53. The minimum absolute atomic E-state index is 0.420. The zero-order valence-electron chi connectivity index (χ0n) is 12.4. The summed E-state index contributed by atoms with van der Waals surface area (Å²) in [4.78, 5) is 0. The highest BCUT2D eigenvalue weighted by Crippen LogP contribution is 2.62. The van der Waals surface area contributed by atoms with E-state index in [1.165, 1.54) is 24.8 Å². The predicted octanol–water partition coefficient (Wildman–Crippen LogP) is 4.44. The number of hydrogen-bond donors (Lipinski definition) is 1. The number of methoxy groups -OCH3 is 1. The van der Waals surface area contributed by atoms with Gasteiger partial charge in [0.25, 0.3) is 0 Å². The van der Waals surface area contributed by atoms with Crippen LogP contribution in [0, 0.1) is 17.8 Å². The summed E-state index contributed by atoms with van der Waals surface area (Å²) < 4.78 is 5.26. The first-order chi connectivity index (χ1) is 9.76. The largest absolute Gasteiger partial charge is 0.497 e. The molecule has 1 N–H and O–H groups in total. The molecule has 0 radical (unpaired) electrons. The van der Waals surface area contributed by atoms with E-state index in [9.17, 15) is 0 Å². The topological polar surface area (TPSA) is 21.3 Å². The third kappa shape index (κ3) is 2.56. The van der Waals surface area contributed by atoms with Crippen molar-refractivity contribution in [2.24, 2.45) is 17.8 Å². The van der Waals surface area contributed by atoms with E-state index in [1.54, 1.807) is 7.11 Å². The Hall–Kier alpha value is -0.730. The van der Waals surface area contributed by atoms with Gasteiger partial charge in [0.1, 0.15) is 5.75 Å². The van der Waals surface area contributed by atoms with Crippen molar-refractivity contribution in [1.29, 1.82) is 0 Å². The van der Waals surface area contributed by atoms with Gasteiger partial charge in [-0.15, -0.1) is 0 Å². The van der Waals surface area contributed by atoms with E-state index in [0.717, 1.165) is 41.5 Å². The second kappa shape index (κ2) is 5.95. The number of benzene rings is 1. The molecule has 3 rings (SSSR count). The molecule has 0 aromatic heterocycles. The van der Waals surface area contributed by atoms with Crippen LogP contribution in [0.25, 0.3) is 0 Å². The molecule has 2 nitrogen and oxygen atoms in total. The second-order valence-corrected chi connectivity index (χ2v) is 6.56. The molecular weight excluding hydrogens is 270 g/mol. The van der Waals surface area contributed by atoms with E-state index < -0.39 is 0 Å². The number of rotatable bonds is 6. The fourth-order valence-corrected chi connectivity index (χ4v) is 4.30. The first-order valence-corrected chi connectivity index (χ1v) is 8.21. The maximum absolute atomic E-state index is 6.49. The molecule has 0 aliphatic heterocycles. The predicted molar refractivity (Wildman–Crippen MR) is 83.4 cm³/mol. The van der Waals surface area contributed by atoms with E-state index in [0.29, 0.717) is 6.04 Å². The van der Waals surface area contributed by atoms with Gasteiger partial charge in [-0.25, -0.2) is 0 Å². The third-order valence-electron chi connectivity index (χ3n) is 5.01. The smallest absolute Gasteiger partial charge is 0.120 e. The molecule has 0 heterocycles. The second-order valence-electron chi connectivity index (χ2n) is 6.16. The van der Waals surface area contributed by atoms with Crippen molar-refractivity contribution >= 4 is 11.6 Å². The van der Waals surface area contributed by atoms with Crippen LogP contribution < -0.4 is 10.1 Å². The summed E-state index contributed by atoms with van der Waals surface area (Å²) >= 11 is 6.49. The summed E-state index contributed by atoms with van der Waals surface area (Å²) in [5.41, 5.74) is 1.25. The molecule has 110 valence electrons. The molecule has 0 spiro atoms. The Balaban J connectivity index is 1.81. The van der Waals surface area contributed by atoms with Gasteiger partial charge < -0.3 is 10.1 Å². The van der Waals surface area contributed by atoms with E-state index in [4.69, 9.17) is 16.3 Å². The Morgan fingerprint density at radius 1 is 1.35 bits per heavy atom. The number of fused-ring (bicyclic) bond motifs is 1. The van der Waals surface area contributed by atoms with E-state index >= 15 is 0 Å². The van der Waals surface area contributed by atoms with Gasteiger partial charge in [0, 0.05) is 11.1 Å². The lowest BCUT2D eigenvalue weighted by atomic mass is 9.96. The molecule has 3 unspecified atom stereocenters. The quantitative estimate of drug-likeness (QED) is 0.837. The Bertz CT molecular complexity index is 466. The minimum atomic E-state index is 0.420. The van der Waals surface area contributed by atoms with Gasteiger partial charge in [0.2, 0.25) is 0 Å². The van der Waals surface area contributed by atoms with Crippen molar-refractivity contribution in [1.82, 2.24) is 5.32 Å². The van der Waals surface area contributed by atoms with Crippen LogP contribution in [0.3, 0.4) is 0 Å². The van der Waals surface area contributed by atoms with Crippen molar-refractivity contribution in [2.45, 2.75) is 38.6 Å². The maximum Gasteiger partial charge on any atom is 0.120 e. The SMILES string of the molecule is CCCNC(c1ccc(OC)cc1Cl)C1C2CCCC21. The number of hydrogen-bond acceptors (Lipinski definition) is 2. The van der Waals surface area contributed by atoms with E-state index in [2.05, 4.69) is 18.3 Å². The zero-order chi connectivity index (χ0) is 14.1. The lowest BCUT2D eigenvalue weighted by Gasteiger charge is -2.22. The van der Waals surface area contributed by atoms with Crippen molar-refractivity contribution < 1.29 is 4.74 Å². The minimum Gasteiger partial charge on any atom is -0.497 e. The van der Waals surface area contributed by atoms with E-state index in [-0.39, 0.29) is 0 Å². The maximum atomic E-state index is 6.49. The first kappa shape index (κ1) is 14.2. The number of nitrogens with one attached hydrogen (secondary N) is 1. The fraction of sp³-hybridized carbons (Fsp3) is 0.647. The van der Waals surface area contributed by atoms with Crippen LogP contribution in [0.5, 0.6) is 5.75 Å². The lowest BCUT2D eigenvalue weighted by Crippen LogP contribution is -2.25. The average molecular weight is 294 g/mol. The molecule has 3 heteroatoms. The Morgan fingerprint density at radius 3 is 2.70 bits per heavy atom. The van der Waals surface area contributed by atoms with Crippen LogP contribution in [-0.4, -0.2) is 13.7 Å². The normalized spacial score (nSPS) is 29.1.